The van der Waals surface area contributed by atoms with Gasteiger partial charge in [0.05, 0.1) is 0 Å². The molecular weight excluding hydrogens is 212 g/mol. The molecule has 0 nitrogen and oxygen atoms in total. The summed E-state index contributed by atoms with van der Waals surface area (Å²) in [6.07, 6.45) is 0. The molecule has 0 saturated heterocycles. The van der Waals surface area contributed by atoms with E-state index in [4.69, 9.17) is 0 Å². The van der Waals surface area contributed by atoms with Gasteiger partial charge < -0.3 is 0 Å². The van der Waals surface area contributed by atoms with Crippen LogP contribution in [0, 0.1) is 0 Å². The van der Waals surface area contributed by atoms with E-state index in [1.807, 2.05) is 0 Å². The molecule has 76 valence electrons. The third kappa shape index (κ3) is 1.39. The Morgan fingerprint density at radius 1 is 0.750 bits per heavy atom. The van der Waals surface area contributed by atoms with Gasteiger partial charge in [-0.2, -0.15) is 0 Å². The zero-order valence-electron chi connectivity index (χ0n) is 6.09. The molecule has 8 heteroatoms. The van der Waals surface area contributed by atoms with Crippen LogP contribution in [0.4, 0.5) is 30.2 Å². The van der Waals surface area contributed by atoms with Crippen molar-refractivity contribution in [3.8, 4) is 0 Å². The summed E-state index contributed by atoms with van der Waals surface area (Å²) >= 11 is 0. The van der Waals surface area contributed by atoms with E-state index < -0.39 is 32.7 Å². The number of hydrogen-bond acceptors (Lipinski definition) is 0. The van der Waals surface area contributed by atoms with Crippen molar-refractivity contribution < 1.29 is 30.2 Å². The summed E-state index contributed by atoms with van der Waals surface area (Å²) in [5, 5.41) is 0. The molecule has 0 fully saturated rings. The predicted molar refractivity (Wildman–Crippen MR) is 31.5 cm³/mol. The Morgan fingerprint density at radius 3 is 0.917 bits per heavy atom. The minimum absolute atomic E-state index is 0.553. The first kappa shape index (κ1) is 11.9. The van der Waals surface area contributed by atoms with Crippen molar-refractivity contribution in [2.75, 3.05) is 0 Å². The Morgan fingerprint density at radius 2 is 0.917 bits per heavy atom. The molecule has 0 aromatic carbocycles. The van der Waals surface area contributed by atoms with E-state index in [0.717, 1.165) is 0 Å². The van der Waals surface area contributed by atoms with E-state index in [1.54, 1.807) is 0 Å². The Labute approximate surface area is 64.0 Å². The Bertz CT molecular complexity index is 160. The van der Waals surface area contributed by atoms with Gasteiger partial charge in [0.25, 0.3) is 0 Å². The number of halogens is 7. The summed E-state index contributed by atoms with van der Waals surface area (Å²) in [7, 11) is -8.75. The van der Waals surface area contributed by atoms with Crippen LogP contribution >= 0.6 is 7.54 Å². The van der Waals surface area contributed by atoms with Crippen molar-refractivity contribution >= 4 is 7.54 Å². The molecule has 0 atom stereocenters. The Hall–Kier alpha value is -0.0600. The molecule has 0 aromatic rings. The molecule has 0 aliphatic rings. The third-order valence-corrected chi connectivity index (χ3v) is 3.85. The van der Waals surface area contributed by atoms with Gasteiger partial charge in [0.2, 0.25) is 0 Å². The van der Waals surface area contributed by atoms with Crippen molar-refractivity contribution in [3.63, 3.8) is 0 Å². The van der Waals surface area contributed by atoms with Gasteiger partial charge in [-0.1, -0.05) is 0 Å². The summed E-state index contributed by atoms with van der Waals surface area (Å²) in [5.41, 5.74) is -10.6. The fraction of sp³-hybridized carbons (Fsp3) is 1.00. The summed E-state index contributed by atoms with van der Waals surface area (Å²) in [6, 6.07) is 0. The molecule has 0 aliphatic heterocycles. The van der Waals surface area contributed by atoms with Crippen LogP contribution in [0.1, 0.15) is 13.8 Å². The van der Waals surface area contributed by atoms with E-state index in [0.29, 0.717) is 0 Å². The third-order valence-electron chi connectivity index (χ3n) is 1.28. The van der Waals surface area contributed by atoms with E-state index in [9.17, 15) is 30.2 Å². The molecule has 0 N–H and O–H groups in total. The topological polar surface area (TPSA) is 0 Å². The SMILES string of the molecule is CC(F)(F)P(F)(F)(F)C(C)(F)F. The molecule has 0 amide bonds. The van der Waals surface area contributed by atoms with Gasteiger partial charge in [0.1, 0.15) is 0 Å². The van der Waals surface area contributed by atoms with Crippen LogP contribution in [0.25, 0.3) is 0 Å². The first-order valence-corrected chi connectivity index (χ1v) is 4.62. The predicted octanol–water partition coefficient (Wildman–Crippen LogP) is 4.42. The molecule has 0 rings (SSSR count). The zero-order valence-corrected chi connectivity index (χ0v) is 6.99. The van der Waals surface area contributed by atoms with Gasteiger partial charge in [-0.15, -0.1) is 0 Å². The normalized spacial score (nSPS) is 18.6. The summed E-state index contributed by atoms with van der Waals surface area (Å²) in [6.45, 7) is -1.11. The molecule has 0 bridgehead atoms. The number of rotatable bonds is 2. The molecule has 0 unspecified atom stereocenters. The van der Waals surface area contributed by atoms with E-state index in [-0.39, 0.29) is 0 Å². The first-order chi connectivity index (χ1) is 4.79. The maximum absolute atomic E-state index is 12.1. The standard InChI is InChI=1S/C4H6F7P/c1-3(5,6)12(9,10,11)4(2,7)8/h1-2H3. The van der Waals surface area contributed by atoms with Crippen LogP contribution in [0.3, 0.4) is 0 Å². The van der Waals surface area contributed by atoms with E-state index in [1.165, 1.54) is 0 Å². The quantitative estimate of drug-likeness (QED) is 0.475. The second-order valence-electron chi connectivity index (χ2n) is 2.49. The van der Waals surface area contributed by atoms with Gasteiger partial charge in [-0.25, -0.2) is 0 Å². The molecule has 0 spiro atoms. The van der Waals surface area contributed by atoms with Crippen LogP contribution in [0.5, 0.6) is 0 Å². The summed E-state index contributed by atoms with van der Waals surface area (Å²) in [4.78, 5) is 0. The fourth-order valence-corrected chi connectivity index (χ4v) is 1.03. The van der Waals surface area contributed by atoms with Gasteiger partial charge in [-0.3, -0.25) is 0 Å². The van der Waals surface area contributed by atoms with Crippen molar-refractivity contribution in [1.82, 2.24) is 0 Å². The van der Waals surface area contributed by atoms with Crippen LogP contribution in [0.2, 0.25) is 0 Å². The molecule has 0 saturated carbocycles. The van der Waals surface area contributed by atoms with Crippen LogP contribution in [0.15, 0.2) is 0 Å². The average Bonchev–Trinajstić information content (AvgIpc) is 1.55. The molecule has 0 radical (unpaired) electrons. The van der Waals surface area contributed by atoms with Gasteiger partial charge in [-0.05, 0) is 0 Å². The van der Waals surface area contributed by atoms with Gasteiger partial charge >= 0.3 is 62.9 Å². The van der Waals surface area contributed by atoms with Gasteiger partial charge in [0.15, 0.2) is 0 Å². The summed E-state index contributed by atoms with van der Waals surface area (Å²) < 4.78 is 83.6. The molecule has 0 heterocycles. The minimum atomic E-state index is -8.75. The van der Waals surface area contributed by atoms with Crippen molar-refractivity contribution in [2.45, 2.75) is 25.2 Å². The van der Waals surface area contributed by atoms with Crippen molar-refractivity contribution in [2.24, 2.45) is 0 Å². The Balaban J connectivity index is 5.29. The zero-order chi connectivity index (χ0) is 10.4. The molecule has 12 heavy (non-hydrogen) atoms. The van der Waals surface area contributed by atoms with E-state index >= 15 is 0 Å². The molecule has 0 aliphatic carbocycles. The van der Waals surface area contributed by atoms with Gasteiger partial charge in [0, 0.05) is 0 Å². The Kier molecular flexibility index (Phi) is 2.23. The second kappa shape index (κ2) is 2.25. The first-order valence-electron chi connectivity index (χ1n) is 2.71. The fourth-order valence-electron chi connectivity index (χ4n) is 0.345. The second-order valence-corrected chi connectivity index (χ2v) is 5.69. The molecular formula is C4H6F7P. The van der Waals surface area contributed by atoms with Crippen LogP contribution in [-0.4, -0.2) is 11.3 Å². The van der Waals surface area contributed by atoms with Crippen molar-refractivity contribution in [1.29, 1.82) is 0 Å². The van der Waals surface area contributed by atoms with E-state index in [2.05, 4.69) is 0 Å². The number of alkyl halides is 4. The van der Waals surface area contributed by atoms with Crippen LogP contribution in [-0.2, 0) is 0 Å². The average molecular weight is 218 g/mol. The molecule has 0 aromatic heterocycles. The van der Waals surface area contributed by atoms with Crippen molar-refractivity contribution in [3.05, 3.63) is 0 Å². The number of hydrogen-bond donors (Lipinski definition) is 0. The van der Waals surface area contributed by atoms with Crippen LogP contribution < -0.4 is 0 Å². The summed E-state index contributed by atoms with van der Waals surface area (Å²) in [5.74, 6) is 0. The maximum atomic E-state index is 12.1. The monoisotopic (exact) mass is 218 g/mol.